The summed E-state index contributed by atoms with van der Waals surface area (Å²) in [7, 11) is 0. The molecule has 0 atom stereocenters. The smallest absolute Gasteiger partial charge is 0.126 e. The Hall–Kier alpha value is -1.33. The van der Waals surface area contributed by atoms with Gasteiger partial charge in [0.2, 0.25) is 0 Å². The van der Waals surface area contributed by atoms with E-state index in [9.17, 15) is 8.78 Å². The van der Waals surface area contributed by atoms with Crippen LogP contribution < -0.4 is 5.73 Å². The van der Waals surface area contributed by atoms with E-state index in [1.807, 2.05) is 5.38 Å². The number of aromatic nitrogens is 1. The van der Waals surface area contributed by atoms with Gasteiger partial charge < -0.3 is 5.73 Å². The van der Waals surface area contributed by atoms with E-state index in [0.717, 1.165) is 36.8 Å². The van der Waals surface area contributed by atoms with Crippen LogP contribution in [0.1, 0.15) is 37.6 Å². The van der Waals surface area contributed by atoms with Gasteiger partial charge in [-0.25, -0.2) is 13.8 Å². The van der Waals surface area contributed by atoms with Gasteiger partial charge in [0, 0.05) is 17.0 Å². The molecule has 1 aliphatic carbocycles. The number of halogens is 2. The first-order valence-corrected chi connectivity index (χ1v) is 8.06. The standard InChI is InChI=1S/C16H18F2N2S/c1-10-2-4-16(19,5-3-10)15-20-14(9-21-15)11-6-12(17)8-13(18)7-11/h6-10H,2-5,19H2,1H3. The van der Waals surface area contributed by atoms with Gasteiger partial charge >= 0.3 is 0 Å². The number of nitrogens with two attached hydrogens (primary N) is 1. The molecular weight excluding hydrogens is 290 g/mol. The first-order valence-electron chi connectivity index (χ1n) is 7.18. The fourth-order valence-corrected chi connectivity index (χ4v) is 3.83. The molecule has 112 valence electrons. The Morgan fingerprint density at radius 2 is 1.81 bits per heavy atom. The highest BCUT2D eigenvalue weighted by molar-refractivity contribution is 7.10. The number of benzene rings is 1. The maximum atomic E-state index is 13.3. The molecule has 0 spiro atoms. The van der Waals surface area contributed by atoms with Crippen LogP contribution in [-0.4, -0.2) is 4.98 Å². The lowest BCUT2D eigenvalue weighted by Crippen LogP contribution is -2.40. The van der Waals surface area contributed by atoms with Gasteiger partial charge in [0.1, 0.15) is 16.6 Å². The highest BCUT2D eigenvalue weighted by Gasteiger charge is 2.34. The number of hydrogen-bond acceptors (Lipinski definition) is 3. The molecule has 0 unspecified atom stereocenters. The molecule has 1 heterocycles. The second-order valence-corrected chi connectivity index (χ2v) is 6.89. The van der Waals surface area contributed by atoms with E-state index in [0.29, 0.717) is 17.2 Å². The number of rotatable bonds is 2. The Morgan fingerprint density at radius 1 is 1.19 bits per heavy atom. The highest BCUT2D eigenvalue weighted by Crippen LogP contribution is 2.39. The van der Waals surface area contributed by atoms with Crippen molar-refractivity contribution in [1.29, 1.82) is 0 Å². The molecule has 1 aromatic carbocycles. The third kappa shape index (κ3) is 2.99. The van der Waals surface area contributed by atoms with Crippen molar-refractivity contribution in [2.45, 2.75) is 38.1 Å². The second kappa shape index (κ2) is 5.46. The molecule has 1 saturated carbocycles. The van der Waals surface area contributed by atoms with Crippen LogP contribution in [0.3, 0.4) is 0 Å². The Morgan fingerprint density at radius 3 is 2.43 bits per heavy atom. The predicted molar refractivity (Wildman–Crippen MR) is 81.0 cm³/mol. The molecule has 2 N–H and O–H groups in total. The fourth-order valence-electron chi connectivity index (χ4n) is 2.83. The van der Waals surface area contributed by atoms with Crippen LogP contribution in [0.2, 0.25) is 0 Å². The Kier molecular flexibility index (Phi) is 3.80. The minimum absolute atomic E-state index is 0.388. The molecule has 1 fully saturated rings. The van der Waals surface area contributed by atoms with Crippen molar-refractivity contribution in [3.8, 4) is 11.3 Å². The van der Waals surface area contributed by atoms with Crippen molar-refractivity contribution in [2.24, 2.45) is 11.7 Å². The van der Waals surface area contributed by atoms with Crippen molar-refractivity contribution in [3.05, 3.63) is 40.2 Å². The molecule has 2 nitrogen and oxygen atoms in total. The zero-order valence-corrected chi connectivity index (χ0v) is 12.7. The van der Waals surface area contributed by atoms with Crippen LogP contribution in [0, 0.1) is 17.6 Å². The summed E-state index contributed by atoms with van der Waals surface area (Å²) in [6, 6.07) is 3.46. The SMILES string of the molecule is CC1CCC(N)(c2nc(-c3cc(F)cc(F)c3)cs2)CC1. The summed E-state index contributed by atoms with van der Waals surface area (Å²) in [4.78, 5) is 4.54. The van der Waals surface area contributed by atoms with E-state index in [1.165, 1.54) is 23.5 Å². The molecular formula is C16H18F2N2S. The van der Waals surface area contributed by atoms with Gasteiger partial charge in [0.25, 0.3) is 0 Å². The maximum absolute atomic E-state index is 13.3. The Balaban J connectivity index is 1.89. The van der Waals surface area contributed by atoms with Crippen LogP contribution in [0.4, 0.5) is 8.78 Å². The van der Waals surface area contributed by atoms with E-state index in [4.69, 9.17) is 5.73 Å². The minimum Gasteiger partial charge on any atom is -0.319 e. The zero-order valence-electron chi connectivity index (χ0n) is 11.9. The number of hydrogen-bond donors (Lipinski definition) is 1. The highest BCUT2D eigenvalue weighted by atomic mass is 32.1. The van der Waals surface area contributed by atoms with Gasteiger partial charge in [-0.3, -0.25) is 0 Å². The van der Waals surface area contributed by atoms with Crippen molar-refractivity contribution in [3.63, 3.8) is 0 Å². The normalized spacial score (nSPS) is 26.0. The van der Waals surface area contributed by atoms with E-state index >= 15 is 0 Å². The summed E-state index contributed by atoms with van der Waals surface area (Å²) in [5.41, 5.74) is 7.16. The molecule has 1 aromatic heterocycles. The number of thiazole rings is 1. The van der Waals surface area contributed by atoms with Crippen LogP contribution in [0.25, 0.3) is 11.3 Å². The van der Waals surface area contributed by atoms with Gasteiger partial charge in [-0.05, 0) is 43.7 Å². The van der Waals surface area contributed by atoms with Gasteiger partial charge in [-0.1, -0.05) is 6.92 Å². The number of nitrogens with zero attached hydrogens (tertiary/aromatic N) is 1. The molecule has 0 saturated heterocycles. The summed E-state index contributed by atoms with van der Waals surface area (Å²) in [5.74, 6) is -0.472. The largest absolute Gasteiger partial charge is 0.319 e. The monoisotopic (exact) mass is 308 g/mol. The van der Waals surface area contributed by atoms with Crippen molar-refractivity contribution < 1.29 is 8.78 Å². The van der Waals surface area contributed by atoms with Crippen LogP contribution >= 0.6 is 11.3 Å². The van der Waals surface area contributed by atoms with E-state index in [1.54, 1.807) is 0 Å². The van der Waals surface area contributed by atoms with Crippen molar-refractivity contribution in [2.75, 3.05) is 0 Å². The lowest BCUT2D eigenvalue weighted by Gasteiger charge is -2.34. The second-order valence-electron chi connectivity index (χ2n) is 6.03. The van der Waals surface area contributed by atoms with Crippen LogP contribution in [-0.2, 0) is 5.54 Å². The molecule has 0 bridgehead atoms. The maximum Gasteiger partial charge on any atom is 0.126 e. The summed E-state index contributed by atoms with van der Waals surface area (Å²) in [5, 5.41) is 2.70. The molecule has 5 heteroatoms. The third-order valence-corrected chi connectivity index (χ3v) is 5.32. The summed E-state index contributed by atoms with van der Waals surface area (Å²) in [6.45, 7) is 2.24. The Bertz CT molecular complexity index is 625. The Labute approximate surface area is 127 Å². The van der Waals surface area contributed by atoms with Gasteiger partial charge in [0.15, 0.2) is 0 Å². The summed E-state index contributed by atoms with van der Waals surface area (Å²) >= 11 is 1.48. The lowest BCUT2D eigenvalue weighted by atomic mass is 9.78. The molecule has 3 rings (SSSR count). The molecule has 1 aliphatic rings. The zero-order chi connectivity index (χ0) is 15.0. The summed E-state index contributed by atoms with van der Waals surface area (Å²) in [6.07, 6.45) is 4.03. The van der Waals surface area contributed by atoms with Crippen LogP contribution in [0.5, 0.6) is 0 Å². The quantitative estimate of drug-likeness (QED) is 0.890. The molecule has 2 aromatic rings. The third-order valence-electron chi connectivity index (χ3n) is 4.25. The minimum atomic E-state index is -0.589. The first-order chi connectivity index (χ1) is 9.96. The fraction of sp³-hybridized carbons (Fsp3) is 0.438. The first kappa shape index (κ1) is 14.6. The lowest BCUT2D eigenvalue weighted by molar-refractivity contribution is 0.247. The van der Waals surface area contributed by atoms with Gasteiger partial charge in [-0.15, -0.1) is 11.3 Å². The average molecular weight is 308 g/mol. The average Bonchev–Trinajstić information content (AvgIpc) is 2.92. The molecule has 0 radical (unpaired) electrons. The van der Waals surface area contributed by atoms with E-state index < -0.39 is 11.6 Å². The molecule has 0 amide bonds. The summed E-state index contributed by atoms with van der Waals surface area (Å²) < 4.78 is 26.6. The van der Waals surface area contributed by atoms with E-state index in [-0.39, 0.29) is 5.54 Å². The van der Waals surface area contributed by atoms with Crippen LogP contribution in [0.15, 0.2) is 23.6 Å². The van der Waals surface area contributed by atoms with Crippen molar-refractivity contribution >= 4 is 11.3 Å². The topological polar surface area (TPSA) is 38.9 Å². The van der Waals surface area contributed by atoms with E-state index in [2.05, 4.69) is 11.9 Å². The van der Waals surface area contributed by atoms with Gasteiger partial charge in [-0.2, -0.15) is 0 Å². The predicted octanol–water partition coefficient (Wildman–Crippen LogP) is 4.45. The van der Waals surface area contributed by atoms with Crippen molar-refractivity contribution in [1.82, 2.24) is 4.98 Å². The van der Waals surface area contributed by atoms with Gasteiger partial charge in [0.05, 0.1) is 11.2 Å². The molecule has 0 aliphatic heterocycles. The molecule has 21 heavy (non-hydrogen) atoms.